The summed E-state index contributed by atoms with van der Waals surface area (Å²) in [6.07, 6.45) is 8.07. The molecule has 0 bridgehead atoms. The SMILES string of the molecule is O=C(NC1CCc2ccc(C(=O)N3CCC4(CC3)CCN(c3ccncc3)C4)cc21)c1c(F)cccc1F. The Hall–Kier alpha value is -3.81. The molecular weight excluding hydrogens is 486 g/mol. The van der Waals surface area contributed by atoms with Crippen molar-refractivity contribution < 1.29 is 18.4 Å². The maximum atomic E-state index is 14.1. The number of hydrogen-bond donors (Lipinski definition) is 1. The fourth-order valence-electron chi connectivity index (χ4n) is 6.32. The Morgan fingerprint density at radius 3 is 2.39 bits per heavy atom. The molecule has 2 aromatic carbocycles. The lowest BCUT2D eigenvalue weighted by Crippen LogP contribution is -2.44. The Kier molecular flexibility index (Phi) is 6.33. The van der Waals surface area contributed by atoms with Crippen LogP contribution in [-0.4, -0.2) is 47.9 Å². The van der Waals surface area contributed by atoms with E-state index in [1.807, 2.05) is 47.6 Å². The number of anilines is 1. The number of nitrogens with zero attached hydrogens (tertiary/aromatic N) is 3. The average molecular weight is 517 g/mol. The van der Waals surface area contributed by atoms with Crippen molar-refractivity contribution in [1.29, 1.82) is 0 Å². The van der Waals surface area contributed by atoms with Crippen LogP contribution in [0, 0.1) is 17.0 Å². The molecule has 1 spiro atoms. The van der Waals surface area contributed by atoms with Gasteiger partial charge in [-0.2, -0.15) is 0 Å². The summed E-state index contributed by atoms with van der Waals surface area (Å²) < 4.78 is 28.2. The molecule has 0 radical (unpaired) electrons. The van der Waals surface area contributed by atoms with Crippen molar-refractivity contribution in [3.63, 3.8) is 0 Å². The summed E-state index contributed by atoms with van der Waals surface area (Å²) >= 11 is 0. The van der Waals surface area contributed by atoms with E-state index in [2.05, 4.69) is 15.2 Å². The second-order valence-corrected chi connectivity index (χ2v) is 10.7. The second-order valence-electron chi connectivity index (χ2n) is 10.7. The molecule has 1 atom stereocenters. The first-order valence-electron chi connectivity index (χ1n) is 13.2. The number of carbonyl (C=O) groups excluding carboxylic acids is 2. The molecule has 2 amide bonds. The third-order valence-corrected chi connectivity index (χ3v) is 8.54. The zero-order chi connectivity index (χ0) is 26.3. The smallest absolute Gasteiger partial charge is 0.257 e. The molecule has 6 rings (SSSR count). The molecule has 2 aliphatic heterocycles. The molecule has 3 heterocycles. The molecule has 1 aliphatic carbocycles. The van der Waals surface area contributed by atoms with Gasteiger partial charge in [0.2, 0.25) is 0 Å². The molecule has 0 saturated carbocycles. The zero-order valence-corrected chi connectivity index (χ0v) is 21.1. The number of hydrogen-bond acceptors (Lipinski definition) is 4. The number of benzene rings is 2. The van der Waals surface area contributed by atoms with Crippen LogP contribution in [0.25, 0.3) is 0 Å². The summed E-state index contributed by atoms with van der Waals surface area (Å²) in [7, 11) is 0. The quantitative estimate of drug-likeness (QED) is 0.535. The second kappa shape index (κ2) is 9.82. The third-order valence-electron chi connectivity index (χ3n) is 8.54. The maximum absolute atomic E-state index is 14.1. The van der Waals surface area contributed by atoms with Crippen LogP contribution in [0.5, 0.6) is 0 Å². The van der Waals surface area contributed by atoms with Gasteiger partial charge in [-0.15, -0.1) is 0 Å². The van der Waals surface area contributed by atoms with Gasteiger partial charge < -0.3 is 15.1 Å². The van der Waals surface area contributed by atoms with Crippen LogP contribution in [0.4, 0.5) is 14.5 Å². The van der Waals surface area contributed by atoms with Crippen LogP contribution in [0.15, 0.2) is 60.9 Å². The molecule has 6 nitrogen and oxygen atoms in total. The zero-order valence-electron chi connectivity index (χ0n) is 21.1. The number of fused-ring (bicyclic) bond motifs is 1. The van der Waals surface area contributed by atoms with E-state index in [0.29, 0.717) is 25.1 Å². The molecule has 8 heteroatoms. The molecule has 3 aliphatic rings. The highest BCUT2D eigenvalue weighted by atomic mass is 19.1. The van der Waals surface area contributed by atoms with Crippen LogP contribution >= 0.6 is 0 Å². The molecule has 1 unspecified atom stereocenters. The molecule has 1 N–H and O–H groups in total. The minimum Gasteiger partial charge on any atom is -0.371 e. The summed E-state index contributed by atoms with van der Waals surface area (Å²) in [5.41, 5.74) is 3.33. The first-order chi connectivity index (χ1) is 18.4. The molecule has 2 saturated heterocycles. The van der Waals surface area contributed by atoms with E-state index in [1.165, 1.54) is 11.8 Å². The van der Waals surface area contributed by atoms with Gasteiger partial charge in [0.05, 0.1) is 6.04 Å². The van der Waals surface area contributed by atoms with E-state index in [-0.39, 0.29) is 11.3 Å². The molecule has 2 fully saturated rings. The molecular formula is C30H30F2N4O2. The Bertz CT molecular complexity index is 1350. The van der Waals surface area contributed by atoms with Crippen LogP contribution in [0.3, 0.4) is 0 Å². The molecule has 38 heavy (non-hydrogen) atoms. The van der Waals surface area contributed by atoms with Crippen molar-refractivity contribution in [1.82, 2.24) is 15.2 Å². The Morgan fingerprint density at radius 1 is 0.947 bits per heavy atom. The van der Waals surface area contributed by atoms with Crippen LogP contribution < -0.4 is 10.2 Å². The van der Waals surface area contributed by atoms with Crippen molar-refractivity contribution >= 4 is 17.5 Å². The first kappa shape index (κ1) is 24.5. The summed E-state index contributed by atoms with van der Waals surface area (Å²) in [6, 6.07) is 12.7. The van der Waals surface area contributed by atoms with Crippen LogP contribution in [0.2, 0.25) is 0 Å². The fraction of sp³-hybridized carbons (Fsp3) is 0.367. The van der Waals surface area contributed by atoms with Gasteiger partial charge in [-0.25, -0.2) is 8.78 Å². The van der Waals surface area contributed by atoms with Crippen molar-refractivity contribution in [3.8, 4) is 0 Å². The number of likely N-dealkylation sites (tertiary alicyclic amines) is 1. The minimum absolute atomic E-state index is 0.0104. The highest BCUT2D eigenvalue weighted by Crippen LogP contribution is 2.42. The Balaban J connectivity index is 1.11. The third kappa shape index (κ3) is 4.52. The van der Waals surface area contributed by atoms with Gasteiger partial charge >= 0.3 is 0 Å². The summed E-state index contributed by atoms with van der Waals surface area (Å²) in [6.45, 7) is 3.45. The van der Waals surface area contributed by atoms with Gasteiger partial charge in [-0.1, -0.05) is 12.1 Å². The van der Waals surface area contributed by atoms with Crippen LogP contribution in [0.1, 0.15) is 63.6 Å². The van der Waals surface area contributed by atoms with Gasteiger partial charge in [-0.05, 0) is 85.0 Å². The highest BCUT2D eigenvalue weighted by Gasteiger charge is 2.41. The highest BCUT2D eigenvalue weighted by molar-refractivity contribution is 5.96. The Morgan fingerprint density at radius 2 is 1.66 bits per heavy atom. The van der Waals surface area contributed by atoms with Gasteiger partial charge in [-0.3, -0.25) is 14.6 Å². The predicted molar refractivity (Wildman–Crippen MR) is 140 cm³/mol. The normalized spacial score (nSPS) is 20.0. The van der Waals surface area contributed by atoms with E-state index in [4.69, 9.17) is 0 Å². The van der Waals surface area contributed by atoms with Crippen molar-refractivity contribution in [3.05, 3.63) is 94.8 Å². The standard InChI is InChI=1S/C30H30F2N4O2/c31-24-2-1-3-25(32)27(24)28(37)34-26-7-6-20-4-5-21(18-23(20)26)29(38)35-15-10-30(11-16-35)12-17-36(19-30)22-8-13-33-14-9-22/h1-5,8-9,13-14,18,26H,6-7,10-12,15-17,19H2,(H,34,37). The monoisotopic (exact) mass is 516 g/mol. The molecule has 196 valence electrons. The van der Waals surface area contributed by atoms with Crippen molar-refractivity contribution in [2.45, 2.75) is 38.1 Å². The first-order valence-corrected chi connectivity index (χ1v) is 13.2. The number of aromatic nitrogens is 1. The Labute approximate surface area is 220 Å². The topological polar surface area (TPSA) is 65.5 Å². The lowest BCUT2D eigenvalue weighted by Gasteiger charge is -2.39. The number of amides is 2. The predicted octanol–water partition coefficient (Wildman–Crippen LogP) is 4.91. The number of halogens is 2. The summed E-state index contributed by atoms with van der Waals surface area (Å²) in [4.78, 5) is 34.6. The fourth-order valence-corrected chi connectivity index (χ4v) is 6.32. The van der Waals surface area contributed by atoms with Gasteiger partial charge in [0.15, 0.2) is 0 Å². The number of rotatable bonds is 4. The van der Waals surface area contributed by atoms with E-state index in [9.17, 15) is 18.4 Å². The largest absolute Gasteiger partial charge is 0.371 e. The number of piperidine rings is 1. The number of aryl methyl sites for hydroxylation is 1. The number of carbonyl (C=O) groups is 2. The van der Waals surface area contributed by atoms with Crippen molar-refractivity contribution in [2.24, 2.45) is 5.41 Å². The van der Waals surface area contributed by atoms with E-state index < -0.39 is 29.1 Å². The summed E-state index contributed by atoms with van der Waals surface area (Å²) in [5.74, 6) is -2.57. The lowest BCUT2D eigenvalue weighted by atomic mass is 9.77. The van der Waals surface area contributed by atoms with E-state index in [1.54, 1.807) is 0 Å². The number of nitrogens with one attached hydrogen (secondary N) is 1. The number of pyridine rings is 1. The summed E-state index contributed by atoms with van der Waals surface area (Å²) in [5, 5.41) is 2.78. The van der Waals surface area contributed by atoms with Crippen LogP contribution in [-0.2, 0) is 6.42 Å². The molecule has 3 aromatic rings. The van der Waals surface area contributed by atoms with Gasteiger partial charge in [0.25, 0.3) is 11.8 Å². The van der Waals surface area contributed by atoms with E-state index in [0.717, 1.165) is 62.0 Å². The minimum atomic E-state index is -0.890. The van der Waals surface area contributed by atoms with E-state index >= 15 is 0 Å². The molecule has 1 aromatic heterocycles. The van der Waals surface area contributed by atoms with Gasteiger partial charge in [0.1, 0.15) is 17.2 Å². The lowest BCUT2D eigenvalue weighted by molar-refractivity contribution is 0.0610. The maximum Gasteiger partial charge on any atom is 0.257 e. The van der Waals surface area contributed by atoms with Crippen molar-refractivity contribution in [2.75, 3.05) is 31.1 Å². The van der Waals surface area contributed by atoms with Gasteiger partial charge in [0, 0.05) is 49.8 Å². The average Bonchev–Trinajstić information content (AvgIpc) is 3.53.